The number of nitrogens with zero attached hydrogens (tertiary/aromatic N) is 2. The molecule has 2 aromatic heterocycles. The van der Waals surface area contributed by atoms with Gasteiger partial charge >= 0.3 is 12.1 Å². The number of halogens is 1. The second-order valence-electron chi connectivity index (χ2n) is 6.90. The quantitative estimate of drug-likeness (QED) is 0.494. The molecule has 160 valence electrons. The Balaban J connectivity index is 1.48. The van der Waals surface area contributed by atoms with Crippen LogP contribution in [0.1, 0.15) is 18.1 Å². The van der Waals surface area contributed by atoms with Crippen LogP contribution < -0.4 is 20.7 Å². The van der Waals surface area contributed by atoms with Crippen LogP contribution in [0.4, 0.5) is 30.5 Å². The summed E-state index contributed by atoms with van der Waals surface area (Å²) in [4.78, 5) is 29.8. The Labute approximate surface area is 182 Å². The van der Waals surface area contributed by atoms with Crippen LogP contribution in [0.2, 0.25) is 0 Å². The number of urea groups is 2. The van der Waals surface area contributed by atoms with Crippen LogP contribution in [0.3, 0.4) is 0 Å². The van der Waals surface area contributed by atoms with E-state index >= 15 is 0 Å². The predicted molar refractivity (Wildman–Crippen MR) is 118 cm³/mol. The Hall–Kier alpha value is -3.66. The van der Waals surface area contributed by atoms with E-state index < -0.39 is 11.8 Å². The van der Waals surface area contributed by atoms with Gasteiger partial charge in [-0.05, 0) is 49.1 Å². The van der Waals surface area contributed by atoms with Crippen LogP contribution >= 0.6 is 11.3 Å². The third-order valence-electron chi connectivity index (χ3n) is 4.63. The third kappa shape index (κ3) is 4.58. The first-order valence-electron chi connectivity index (χ1n) is 9.57. The smallest absolute Gasteiger partial charge is 0.324 e. The number of carbonyl (C=O) groups excluding carboxylic acids is 2. The van der Waals surface area contributed by atoms with Crippen molar-refractivity contribution in [2.45, 2.75) is 20.4 Å². The first-order valence-corrected chi connectivity index (χ1v) is 10.4. The van der Waals surface area contributed by atoms with Crippen LogP contribution in [0.5, 0.6) is 11.5 Å². The second-order valence-corrected chi connectivity index (χ2v) is 7.81. The van der Waals surface area contributed by atoms with Gasteiger partial charge in [0.05, 0.1) is 17.1 Å². The fourth-order valence-corrected chi connectivity index (χ4v) is 3.87. The average molecular weight is 441 g/mol. The van der Waals surface area contributed by atoms with Crippen molar-refractivity contribution in [3.05, 3.63) is 58.9 Å². The van der Waals surface area contributed by atoms with E-state index in [9.17, 15) is 14.0 Å². The topological polar surface area (TPSA) is 95.6 Å². The maximum atomic E-state index is 14.7. The molecule has 3 N–H and O–H groups in total. The van der Waals surface area contributed by atoms with Crippen LogP contribution in [-0.4, -0.2) is 28.5 Å². The molecule has 0 aliphatic carbocycles. The third-order valence-corrected chi connectivity index (χ3v) is 5.60. The number of carbonyl (C=O) groups is 2. The Bertz CT molecular complexity index is 1150. The zero-order chi connectivity index (χ0) is 22.0. The summed E-state index contributed by atoms with van der Waals surface area (Å²) in [5.74, 6) is 0.149. The summed E-state index contributed by atoms with van der Waals surface area (Å²) in [7, 11) is 0. The van der Waals surface area contributed by atoms with Crippen molar-refractivity contribution in [1.29, 1.82) is 0 Å². The Kier molecular flexibility index (Phi) is 5.72. The zero-order valence-corrected chi connectivity index (χ0v) is 17.7. The van der Waals surface area contributed by atoms with Gasteiger partial charge in [0.1, 0.15) is 11.6 Å². The molecule has 0 spiro atoms. The van der Waals surface area contributed by atoms with Gasteiger partial charge in [0.2, 0.25) is 0 Å². The molecule has 0 fully saturated rings. The summed E-state index contributed by atoms with van der Waals surface area (Å²) >= 11 is 1.41. The van der Waals surface area contributed by atoms with E-state index in [0.29, 0.717) is 35.2 Å². The lowest BCUT2D eigenvalue weighted by molar-refractivity contribution is 0.209. The molecule has 1 aliphatic heterocycles. The molecule has 1 aliphatic rings. The maximum Gasteiger partial charge on any atom is 0.324 e. The number of hydrogen-bond acceptors (Lipinski definition) is 5. The second kappa shape index (κ2) is 8.60. The van der Waals surface area contributed by atoms with E-state index in [1.165, 1.54) is 29.7 Å². The Morgan fingerprint density at radius 1 is 1.29 bits per heavy atom. The maximum absolute atomic E-state index is 14.7. The number of benzene rings is 1. The van der Waals surface area contributed by atoms with Gasteiger partial charge in [-0.2, -0.15) is 0 Å². The molecule has 4 amide bonds. The van der Waals surface area contributed by atoms with E-state index in [0.717, 1.165) is 5.56 Å². The molecule has 10 heteroatoms. The van der Waals surface area contributed by atoms with Gasteiger partial charge in [0, 0.05) is 24.5 Å². The highest BCUT2D eigenvalue weighted by Crippen LogP contribution is 2.34. The average Bonchev–Trinajstić information content (AvgIpc) is 3.14. The van der Waals surface area contributed by atoms with Crippen LogP contribution in [0, 0.1) is 12.7 Å². The zero-order valence-electron chi connectivity index (χ0n) is 16.9. The molecule has 0 bridgehead atoms. The van der Waals surface area contributed by atoms with Crippen molar-refractivity contribution in [1.82, 2.24) is 9.88 Å². The van der Waals surface area contributed by atoms with Gasteiger partial charge in [0.25, 0.3) is 0 Å². The highest BCUT2D eigenvalue weighted by molar-refractivity contribution is 7.14. The molecule has 4 rings (SSSR count). The molecule has 3 aromatic rings. The lowest BCUT2D eigenvalue weighted by atomic mass is 10.2. The molecule has 0 unspecified atom stereocenters. The van der Waals surface area contributed by atoms with Crippen molar-refractivity contribution in [2.24, 2.45) is 0 Å². The van der Waals surface area contributed by atoms with Gasteiger partial charge in [-0.25, -0.2) is 19.0 Å². The van der Waals surface area contributed by atoms with E-state index in [2.05, 4.69) is 20.9 Å². The van der Waals surface area contributed by atoms with Gasteiger partial charge in [0.15, 0.2) is 11.6 Å². The molecular weight excluding hydrogens is 421 g/mol. The number of pyridine rings is 1. The molecule has 0 saturated heterocycles. The van der Waals surface area contributed by atoms with Gasteiger partial charge in [-0.1, -0.05) is 0 Å². The summed E-state index contributed by atoms with van der Waals surface area (Å²) in [6.45, 7) is 4.62. The number of rotatable bonds is 5. The molecule has 0 saturated carbocycles. The minimum atomic E-state index is -0.637. The SMILES string of the molecule is CCN1Cc2c(Oc3ccc(NC(=O)Nc4cc(C)cs4)cc3F)ccnc2NC1=O. The molecule has 3 heterocycles. The summed E-state index contributed by atoms with van der Waals surface area (Å²) in [5.41, 5.74) is 2.00. The monoisotopic (exact) mass is 441 g/mol. The number of ether oxygens (including phenoxy) is 1. The number of nitrogens with one attached hydrogen (secondary N) is 3. The van der Waals surface area contributed by atoms with Crippen LogP contribution in [0.15, 0.2) is 41.9 Å². The van der Waals surface area contributed by atoms with Crippen LogP contribution in [0.25, 0.3) is 0 Å². The van der Waals surface area contributed by atoms with Gasteiger partial charge in [-0.15, -0.1) is 11.3 Å². The minimum absolute atomic E-state index is 0.00631. The Morgan fingerprint density at radius 2 is 2.13 bits per heavy atom. The number of fused-ring (bicyclic) bond motifs is 1. The highest BCUT2D eigenvalue weighted by Gasteiger charge is 2.25. The van der Waals surface area contributed by atoms with Crippen LogP contribution in [-0.2, 0) is 6.54 Å². The lowest BCUT2D eigenvalue weighted by Gasteiger charge is -2.28. The molecular formula is C21H20FN5O3S. The molecule has 0 radical (unpaired) electrons. The molecule has 0 atom stereocenters. The predicted octanol–water partition coefficient (Wildman–Crippen LogP) is 5.39. The molecule has 8 nitrogen and oxygen atoms in total. The number of aromatic nitrogens is 1. The summed E-state index contributed by atoms with van der Waals surface area (Å²) in [5, 5.41) is 10.6. The van der Waals surface area contributed by atoms with Gasteiger partial charge < -0.3 is 15.0 Å². The Morgan fingerprint density at radius 3 is 2.84 bits per heavy atom. The fourth-order valence-electron chi connectivity index (χ4n) is 3.08. The van der Waals surface area contributed by atoms with Crippen molar-refractivity contribution < 1.29 is 18.7 Å². The van der Waals surface area contributed by atoms with E-state index in [1.54, 1.807) is 17.0 Å². The molecule has 31 heavy (non-hydrogen) atoms. The van der Waals surface area contributed by atoms with Gasteiger partial charge in [-0.3, -0.25) is 10.6 Å². The van der Waals surface area contributed by atoms with Crippen molar-refractivity contribution in [3.8, 4) is 11.5 Å². The van der Waals surface area contributed by atoms with Crippen molar-refractivity contribution in [3.63, 3.8) is 0 Å². The number of aryl methyl sites for hydroxylation is 1. The largest absolute Gasteiger partial charge is 0.454 e. The first kappa shape index (κ1) is 20.6. The van der Waals surface area contributed by atoms with Crippen molar-refractivity contribution >= 4 is 39.9 Å². The summed E-state index contributed by atoms with van der Waals surface area (Å²) in [6, 6.07) is 6.93. The standard InChI is InChI=1S/C21H20FN5O3S/c1-3-27-10-14-16(6-7-23-19(14)26-21(27)29)30-17-5-4-13(9-15(17)22)24-20(28)25-18-8-12(2)11-31-18/h4-9,11H,3,10H2,1-2H3,(H,23,26,29)(H2,24,25,28). The van der Waals surface area contributed by atoms with Crippen molar-refractivity contribution in [2.75, 3.05) is 22.5 Å². The number of amides is 4. The summed E-state index contributed by atoms with van der Waals surface area (Å²) < 4.78 is 20.4. The number of hydrogen-bond donors (Lipinski definition) is 3. The first-order chi connectivity index (χ1) is 14.9. The lowest BCUT2D eigenvalue weighted by Crippen LogP contribution is -2.38. The normalized spacial score (nSPS) is 12.7. The van der Waals surface area contributed by atoms with E-state index in [4.69, 9.17) is 4.74 Å². The summed E-state index contributed by atoms with van der Waals surface area (Å²) in [6.07, 6.45) is 1.49. The van der Waals surface area contributed by atoms with E-state index in [1.807, 2.05) is 25.3 Å². The number of anilines is 3. The highest BCUT2D eigenvalue weighted by atomic mass is 32.1. The number of thiophene rings is 1. The van der Waals surface area contributed by atoms with E-state index in [-0.39, 0.29) is 17.5 Å². The minimum Gasteiger partial charge on any atom is -0.454 e. The fraction of sp³-hybridized carbons (Fsp3) is 0.190. The molecule has 1 aromatic carbocycles.